The zero-order chi connectivity index (χ0) is 17.4. The van der Waals surface area contributed by atoms with Gasteiger partial charge in [-0.1, -0.05) is 24.3 Å². The molecule has 1 unspecified atom stereocenters. The fraction of sp³-hybridized carbons (Fsp3) is 0.263. The first kappa shape index (κ1) is 15.8. The van der Waals surface area contributed by atoms with Crippen LogP contribution in [0.4, 0.5) is 15.8 Å². The molecule has 6 heteroatoms. The summed E-state index contributed by atoms with van der Waals surface area (Å²) >= 11 is 0. The highest BCUT2D eigenvalue weighted by Crippen LogP contribution is 2.29. The number of nitrogens with one attached hydrogen (secondary N) is 3. The fourth-order valence-electron chi connectivity index (χ4n) is 3.35. The van der Waals surface area contributed by atoms with E-state index in [4.69, 9.17) is 0 Å². The summed E-state index contributed by atoms with van der Waals surface area (Å²) in [6.45, 7) is 0.608. The lowest BCUT2D eigenvalue weighted by atomic mass is 9.95. The quantitative estimate of drug-likeness (QED) is 0.787. The highest BCUT2D eigenvalue weighted by atomic mass is 19.1. The molecule has 0 aromatic heterocycles. The van der Waals surface area contributed by atoms with E-state index in [1.807, 2.05) is 24.3 Å². The summed E-state index contributed by atoms with van der Waals surface area (Å²) in [4.78, 5) is 24.0. The molecule has 0 fully saturated rings. The van der Waals surface area contributed by atoms with Gasteiger partial charge >= 0.3 is 0 Å². The molecule has 0 saturated heterocycles. The van der Waals surface area contributed by atoms with Gasteiger partial charge in [-0.15, -0.1) is 0 Å². The van der Waals surface area contributed by atoms with Crippen molar-refractivity contribution in [3.05, 3.63) is 58.9 Å². The Balaban J connectivity index is 1.52. The molecule has 5 nitrogen and oxygen atoms in total. The molecule has 3 N–H and O–H groups in total. The SMILES string of the molecule is O=C1CCc2cc(F)c(NC(=O)C3Cc4ccccc4CN3)cc2N1. The van der Waals surface area contributed by atoms with Crippen molar-refractivity contribution in [1.29, 1.82) is 0 Å². The third-order valence-corrected chi connectivity index (χ3v) is 4.74. The molecule has 2 aliphatic rings. The monoisotopic (exact) mass is 339 g/mol. The van der Waals surface area contributed by atoms with Crippen LogP contribution in [0, 0.1) is 5.82 Å². The van der Waals surface area contributed by atoms with Crippen molar-refractivity contribution in [1.82, 2.24) is 5.32 Å². The summed E-state index contributed by atoms with van der Waals surface area (Å²) in [7, 11) is 0. The molecular weight excluding hydrogens is 321 g/mol. The number of aryl methyl sites for hydroxylation is 1. The zero-order valence-electron chi connectivity index (χ0n) is 13.6. The van der Waals surface area contributed by atoms with Gasteiger partial charge in [0, 0.05) is 18.7 Å². The van der Waals surface area contributed by atoms with Gasteiger partial charge in [0.05, 0.1) is 11.7 Å². The summed E-state index contributed by atoms with van der Waals surface area (Å²) in [6.07, 6.45) is 1.42. The number of benzene rings is 2. The van der Waals surface area contributed by atoms with Crippen molar-refractivity contribution >= 4 is 23.2 Å². The van der Waals surface area contributed by atoms with E-state index in [-0.39, 0.29) is 17.5 Å². The number of carbonyl (C=O) groups excluding carboxylic acids is 2. The number of anilines is 2. The summed E-state index contributed by atoms with van der Waals surface area (Å²) in [5, 5.41) is 8.55. The van der Waals surface area contributed by atoms with Crippen molar-refractivity contribution in [2.24, 2.45) is 0 Å². The lowest BCUT2D eigenvalue weighted by Gasteiger charge is -2.25. The molecule has 2 aromatic rings. The van der Waals surface area contributed by atoms with Crippen LogP contribution in [0.3, 0.4) is 0 Å². The van der Waals surface area contributed by atoms with Crippen molar-refractivity contribution in [3.8, 4) is 0 Å². The molecule has 1 atom stereocenters. The van der Waals surface area contributed by atoms with E-state index in [9.17, 15) is 14.0 Å². The highest BCUT2D eigenvalue weighted by molar-refractivity contribution is 5.98. The first-order chi connectivity index (χ1) is 12.1. The Morgan fingerprint density at radius 2 is 1.92 bits per heavy atom. The predicted molar refractivity (Wildman–Crippen MR) is 92.8 cm³/mol. The van der Waals surface area contributed by atoms with Gasteiger partial charge in [0.1, 0.15) is 5.82 Å². The molecule has 2 aliphatic heterocycles. The van der Waals surface area contributed by atoms with E-state index in [0.717, 1.165) is 11.1 Å². The minimum atomic E-state index is -0.487. The molecule has 0 radical (unpaired) electrons. The van der Waals surface area contributed by atoms with Gasteiger partial charge in [-0.2, -0.15) is 0 Å². The van der Waals surface area contributed by atoms with E-state index in [0.29, 0.717) is 31.5 Å². The van der Waals surface area contributed by atoms with Gasteiger partial charge in [-0.3, -0.25) is 9.59 Å². The van der Waals surface area contributed by atoms with E-state index >= 15 is 0 Å². The van der Waals surface area contributed by atoms with Crippen molar-refractivity contribution in [3.63, 3.8) is 0 Å². The third-order valence-electron chi connectivity index (χ3n) is 4.74. The maximum absolute atomic E-state index is 14.3. The third kappa shape index (κ3) is 3.13. The van der Waals surface area contributed by atoms with E-state index in [1.165, 1.54) is 17.7 Å². The van der Waals surface area contributed by atoms with Gasteiger partial charge in [-0.05, 0) is 41.7 Å². The van der Waals surface area contributed by atoms with Crippen LogP contribution in [0.25, 0.3) is 0 Å². The number of amides is 2. The lowest BCUT2D eigenvalue weighted by molar-refractivity contribution is -0.118. The Labute approximate surface area is 144 Å². The largest absolute Gasteiger partial charge is 0.326 e. The summed E-state index contributed by atoms with van der Waals surface area (Å²) in [5.74, 6) is -0.864. The van der Waals surface area contributed by atoms with Gasteiger partial charge in [0.25, 0.3) is 0 Å². The molecule has 0 spiro atoms. The van der Waals surface area contributed by atoms with Gasteiger partial charge in [-0.25, -0.2) is 4.39 Å². The first-order valence-electron chi connectivity index (χ1n) is 8.33. The molecular formula is C19H18FN3O2. The number of hydrogen-bond acceptors (Lipinski definition) is 3. The summed E-state index contributed by atoms with van der Waals surface area (Å²) < 4.78 is 14.3. The van der Waals surface area contributed by atoms with Crippen LogP contribution in [-0.4, -0.2) is 17.9 Å². The smallest absolute Gasteiger partial charge is 0.241 e. The Kier molecular flexibility index (Phi) is 3.97. The van der Waals surface area contributed by atoms with Crippen molar-refractivity contribution in [2.75, 3.05) is 10.6 Å². The molecule has 2 aromatic carbocycles. The second-order valence-corrected chi connectivity index (χ2v) is 6.43. The molecule has 2 heterocycles. The molecule has 128 valence electrons. The number of halogens is 1. The molecule has 4 rings (SSSR count). The topological polar surface area (TPSA) is 70.2 Å². The van der Waals surface area contributed by atoms with Crippen LogP contribution in [0.1, 0.15) is 23.1 Å². The predicted octanol–water partition coefficient (Wildman–Crippen LogP) is 2.36. The van der Waals surface area contributed by atoms with Gasteiger partial charge < -0.3 is 16.0 Å². The van der Waals surface area contributed by atoms with E-state index < -0.39 is 11.9 Å². The van der Waals surface area contributed by atoms with Crippen LogP contribution >= 0.6 is 0 Å². The minimum Gasteiger partial charge on any atom is -0.326 e. The fourth-order valence-corrected chi connectivity index (χ4v) is 3.35. The maximum Gasteiger partial charge on any atom is 0.241 e. The number of fused-ring (bicyclic) bond motifs is 2. The summed E-state index contributed by atoms with van der Waals surface area (Å²) in [5.41, 5.74) is 3.70. The van der Waals surface area contributed by atoms with Gasteiger partial charge in [0.2, 0.25) is 11.8 Å². The second-order valence-electron chi connectivity index (χ2n) is 6.43. The number of rotatable bonds is 2. The average Bonchev–Trinajstić information content (AvgIpc) is 2.62. The molecule has 0 aliphatic carbocycles. The van der Waals surface area contributed by atoms with Crippen LogP contribution in [0.5, 0.6) is 0 Å². The normalized spacial score (nSPS) is 18.8. The summed E-state index contributed by atoms with van der Waals surface area (Å²) in [6, 6.07) is 10.4. The zero-order valence-corrected chi connectivity index (χ0v) is 13.6. The number of hydrogen-bond donors (Lipinski definition) is 3. The Morgan fingerprint density at radius 3 is 2.76 bits per heavy atom. The van der Waals surface area contributed by atoms with Crippen LogP contribution in [0.15, 0.2) is 36.4 Å². The Morgan fingerprint density at radius 1 is 1.12 bits per heavy atom. The average molecular weight is 339 g/mol. The van der Waals surface area contributed by atoms with Crippen molar-refractivity contribution in [2.45, 2.75) is 31.8 Å². The van der Waals surface area contributed by atoms with Crippen LogP contribution < -0.4 is 16.0 Å². The molecule has 2 amide bonds. The lowest BCUT2D eigenvalue weighted by Crippen LogP contribution is -2.44. The first-order valence-corrected chi connectivity index (χ1v) is 8.33. The molecule has 0 bridgehead atoms. The maximum atomic E-state index is 14.3. The van der Waals surface area contributed by atoms with Gasteiger partial charge in [0.15, 0.2) is 0 Å². The standard InChI is InChI=1S/C19H18FN3O2/c20-14-7-12-5-6-18(24)22-15(12)9-16(14)23-19(25)17-8-11-3-1-2-4-13(11)10-21-17/h1-4,7,9,17,21H,5-6,8,10H2,(H,22,24)(H,23,25). The minimum absolute atomic E-state index is 0.0895. The number of carbonyl (C=O) groups is 2. The second kappa shape index (κ2) is 6.29. The van der Waals surface area contributed by atoms with Crippen molar-refractivity contribution < 1.29 is 14.0 Å². The highest BCUT2D eigenvalue weighted by Gasteiger charge is 2.25. The molecule has 25 heavy (non-hydrogen) atoms. The van der Waals surface area contributed by atoms with Crippen LogP contribution in [0.2, 0.25) is 0 Å². The Hall–Kier alpha value is -2.73. The molecule has 0 saturated carbocycles. The van der Waals surface area contributed by atoms with Crippen LogP contribution in [-0.2, 0) is 29.0 Å². The Bertz CT molecular complexity index is 866. The van der Waals surface area contributed by atoms with E-state index in [1.54, 1.807) is 0 Å². The van der Waals surface area contributed by atoms with E-state index in [2.05, 4.69) is 16.0 Å².